The van der Waals surface area contributed by atoms with Crippen molar-refractivity contribution >= 4 is 27.2 Å². The molecule has 2 saturated heterocycles. The van der Waals surface area contributed by atoms with Gasteiger partial charge < -0.3 is 15.0 Å². The summed E-state index contributed by atoms with van der Waals surface area (Å²) in [5.74, 6) is 0.164. The molecule has 2 aliphatic heterocycles. The maximum atomic E-state index is 12.1. The van der Waals surface area contributed by atoms with E-state index in [1.54, 1.807) is 12.3 Å². The average Bonchev–Trinajstić information content (AvgIpc) is 2.87. The molecule has 0 bridgehead atoms. The van der Waals surface area contributed by atoms with Crippen LogP contribution in [0.25, 0.3) is 0 Å². The van der Waals surface area contributed by atoms with E-state index in [4.69, 9.17) is 4.74 Å². The van der Waals surface area contributed by atoms with Gasteiger partial charge in [-0.25, -0.2) is 13.4 Å². The van der Waals surface area contributed by atoms with Gasteiger partial charge in [0.1, 0.15) is 5.82 Å². The number of nitrogens with one attached hydrogen (secondary N) is 1. The minimum atomic E-state index is -3.06. The number of hydrogen-bond acceptors (Lipinski definition) is 6. The fraction of sp³-hybridized carbons (Fsp3) is 0.625. The molecule has 2 aliphatic rings. The molecule has 3 rings (SSSR count). The van der Waals surface area contributed by atoms with E-state index in [0.717, 1.165) is 18.9 Å². The summed E-state index contributed by atoms with van der Waals surface area (Å²) in [4.78, 5) is 18.7. The molecular formula is C16H23N3O4S. The number of rotatable bonds is 3. The molecule has 7 nitrogen and oxygen atoms in total. The van der Waals surface area contributed by atoms with Crippen molar-refractivity contribution in [3.05, 3.63) is 18.3 Å². The number of carbonyl (C=O) groups excluding carboxylic acids is 1. The zero-order valence-corrected chi connectivity index (χ0v) is 14.8. The van der Waals surface area contributed by atoms with Crippen molar-refractivity contribution in [2.45, 2.75) is 32.5 Å². The van der Waals surface area contributed by atoms with Crippen molar-refractivity contribution in [3.8, 4) is 0 Å². The Morgan fingerprint density at radius 3 is 2.54 bits per heavy atom. The van der Waals surface area contributed by atoms with E-state index >= 15 is 0 Å². The number of aromatic nitrogens is 1. The Bertz CT molecular complexity index is 695. The molecule has 1 amide bonds. The van der Waals surface area contributed by atoms with Gasteiger partial charge in [-0.15, -0.1) is 0 Å². The first-order valence-electron chi connectivity index (χ1n) is 8.20. The van der Waals surface area contributed by atoms with Crippen molar-refractivity contribution in [1.82, 2.24) is 4.98 Å². The van der Waals surface area contributed by atoms with Crippen molar-refractivity contribution in [1.29, 1.82) is 0 Å². The average molecular weight is 353 g/mol. The lowest BCUT2D eigenvalue weighted by Crippen LogP contribution is -2.45. The van der Waals surface area contributed by atoms with E-state index in [1.165, 1.54) is 0 Å². The molecule has 0 aromatic carbocycles. The van der Waals surface area contributed by atoms with Crippen LogP contribution >= 0.6 is 0 Å². The smallest absolute Gasteiger partial charge is 0.228 e. The summed E-state index contributed by atoms with van der Waals surface area (Å²) in [5.41, 5.74) is 0.586. The van der Waals surface area contributed by atoms with Gasteiger partial charge >= 0.3 is 0 Å². The fourth-order valence-corrected chi connectivity index (χ4v) is 5.00. The Balaban J connectivity index is 1.61. The minimum Gasteiger partial charge on any atom is -0.372 e. The Kier molecular flexibility index (Phi) is 4.78. The van der Waals surface area contributed by atoms with Crippen LogP contribution in [0.2, 0.25) is 0 Å². The first kappa shape index (κ1) is 17.2. The molecule has 1 N–H and O–H groups in total. The molecule has 3 unspecified atom stereocenters. The molecule has 0 spiro atoms. The highest BCUT2D eigenvalue weighted by Crippen LogP contribution is 2.22. The summed E-state index contributed by atoms with van der Waals surface area (Å²) in [7, 11) is -3.06. The number of amides is 1. The summed E-state index contributed by atoms with van der Waals surface area (Å²) in [6.45, 7) is 5.63. The van der Waals surface area contributed by atoms with E-state index in [1.807, 2.05) is 19.9 Å². The summed E-state index contributed by atoms with van der Waals surface area (Å²) >= 11 is 0. The van der Waals surface area contributed by atoms with Crippen LogP contribution < -0.4 is 10.2 Å². The van der Waals surface area contributed by atoms with Crippen LogP contribution in [0.15, 0.2) is 18.3 Å². The number of morpholine rings is 1. The second-order valence-corrected chi connectivity index (χ2v) is 8.89. The molecule has 3 heterocycles. The van der Waals surface area contributed by atoms with E-state index in [9.17, 15) is 13.2 Å². The van der Waals surface area contributed by atoms with Crippen LogP contribution in [0.5, 0.6) is 0 Å². The van der Waals surface area contributed by atoms with Gasteiger partial charge in [0.25, 0.3) is 0 Å². The number of carbonyl (C=O) groups is 1. The normalized spacial score (nSPS) is 29.4. The minimum absolute atomic E-state index is 0.0616. The quantitative estimate of drug-likeness (QED) is 0.874. The number of pyridine rings is 1. The summed E-state index contributed by atoms with van der Waals surface area (Å²) in [6.07, 6.45) is 2.31. The van der Waals surface area contributed by atoms with Gasteiger partial charge in [-0.05, 0) is 32.4 Å². The third-order valence-electron chi connectivity index (χ3n) is 4.36. The van der Waals surface area contributed by atoms with Gasteiger partial charge in [0.05, 0.1) is 41.5 Å². The van der Waals surface area contributed by atoms with E-state index < -0.39 is 15.8 Å². The highest BCUT2D eigenvalue weighted by Gasteiger charge is 2.33. The molecule has 8 heteroatoms. The molecule has 0 aliphatic carbocycles. The zero-order valence-electron chi connectivity index (χ0n) is 13.9. The fourth-order valence-electron chi connectivity index (χ4n) is 3.26. The number of nitrogens with zero attached hydrogens (tertiary/aromatic N) is 2. The molecule has 1 aromatic rings. The largest absolute Gasteiger partial charge is 0.372 e. The first-order valence-corrected chi connectivity index (χ1v) is 10.0. The second-order valence-electron chi connectivity index (χ2n) is 6.66. The van der Waals surface area contributed by atoms with Crippen molar-refractivity contribution in [2.24, 2.45) is 5.92 Å². The van der Waals surface area contributed by atoms with Crippen molar-refractivity contribution in [2.75, 3.05) is 34.8 Å². The van der Waals surface area contributed by atoms with E-state index in [0.29, 0.717) is 12.1 Å². The predicted molar refractivity (Wildman–Crippen MR) is 91.8 cm³/mol. The van der Waals surface area contributed by atoms with E-state index in [-0.39, 0.29) is 29.6 Å². The molecule has 2 fully saturated rings. The highest BCUT2D eigenvalue weighted by molar-refractivity contribution is 7.91. The summed E-state index contributed by atoms with van der Waals surface area (Å²) in [5, 5.41) is 2.76. The number of ether oxygens (including phenoxy) is 1. The van der Waals surface area contributed by atoms with Gasteiger partial charge in [0, 0.05) is 13.1 Å². The van der Waals surface area contributed by atoms with Crippen LogP contribution in [0, 0.1) is 5.92 Å². The lowest BCUT2D eigenvalue weighted by molar-refractivity contribution is -0.119. The van der Waals surface area contributed by atoms with E-state index in [2.05, 4.69) is 15.2 Å². The van der Waals surface area contributed by atoms with Crippen LogP contribution in [-0.2, 0) is 19.4 Å². The van der Waals surface area contributed by atoms with Crippen molar-refractivity contribution in [3.63, 3.8) is 0 Å². The number of anilines is 2. The lowest BCUT2D eigenvalue weighted by atomic mass is 10.1. The Hall–Kier alpha value is -1.67. The predicted octanol–water partition coefficient (Wildman–Crippen LogP) is 1.07. The lowest BCUT2D eigenvalue weighted by Gasteiger charge is -2.36. The molecule has 1 aromatic heterocycles. The van der Waals surface area contributed by atoms with Crippen LogP contribution in [0.3, 0.4) is 0 Å². The van der Waals surface area contributed by atoms with Crippen LogP contribution in [0.1, 0.15) is 20.3 Å². The highest BCUT2D eigenvalue weighted by atomic mass is 32.2. The Morgan fingerprint density at radius 1 is 1.29 bits per heavy atom. The molecular weight excluding hydrogens is 330 g/mol. The van der Waals surface area contributed by atoms with Gasteiger partial charge in [0.2, 0.25) is 5.91 Å². The van der Waals surface area contributed by atoms with Gasteiger partial charge in [-0.3, -0.25) is 4.79 Å². The molecule has 0 radical (unpaired) electrons. The van der Waals surface area contributed by atoms with Crippen molar-refractivity contribution < 1.29 is 17.9 Å². The summed E-state index contributed by atoms with van der Waals surface area (Å²) < 4.78 is 28.6. The molecule has 24 heavy (non-hydrogen) atoms. The topological polar surface area (TPSA) is 88.6 Å². The Morgan fingerprint density at radius 2 is 2.00 bits per heavy atom. The second kappa shape index (κ2) is 6.68. The third-order valence-corrected chi connectivity index (χ3v) is 6.13. The molecule has 0 saturated carbocycles. The maximum absolute atomic E-state index is 12.1. The Labute approximate surface area is 142 Å². The number of sulfone groups is 1. The van der Waals surface area contributed by atoms with Crippen LogP contribution in [-0.4, -0.2) is 56.1 Å². The van der Waals surface area contributed by atoms with Gasteiger partial charge in [0.15, 0.2) is 9.84 Å². The standard InChI is InChI=1S/C16H23N3O4S/c1-11-8-19(9-12(2)23-11)15-4-3-14(7-17-15)18-16(20)13-5-6-24(21,22)10-13/h3-4,7,11-13H,5-6,8-10H2,1-2H3,(H,18,20). The van der Waals surface area contributed by atoms with Gasteiger partial charge in [-0.1, -0.05) is 0 Å². The summed E-state index contributed by atoms with van der Waals surface area (Å²) in [6, 6.07) is 3.67. The SMILES string of the molecule is CC1CN(c2ccc(NC(=O)C3CCS(=O)(=O)C3)cn2)CC(C)O1. The third kappa shape index (κ3) is 4.05. The zero-order chi connectivity index (χ0) is 17.3. The first-order chi connectivity index (χ1) is 11.3. The van der Waals surface area contributed by atoms with Crippen LogP contribution in [0.4, 0.5) is 11.5 Å². The molecule has 3 atom stereocenters. The maximum Gasteiger partial charge on any atom is 0.228 e. The number of hydrogen-bond donors (Lipinski definition) is 1. The molecule has 132 valence electrons. The van der Waals surface area contributed by atoms with Gasteiger partial charge in [-0.2, -0.15) is 0 Å². The monoisotopic (exact) mass is 353 g/mol.